The zero-order valence-electron chi connectivity index (χ0n) is 10.9. The van der Waals surface area contributed by atoms with E-state index < -0.39 is 0 Å². The third kappa shape index (κ3) is 2.13. The van der Waals surface area contributed by atoms with Gasteiger partial charge in [0.25, 0.3) is 0 Å². The van der Waals surface area contributed by atoms with Crippen molar-refractivity contribution in [1.29, 1.82) is 0 Å². The molecule has 0 unspecified atom stereocenters. The number of hydrogen-bond donors (Lipinski definition) is 1. The first kappa shape index (κ1) is 11.3. The van der Waals surface area contributed by atoms with E-state index >= 15 is 0 Å². The van der Waals surface area contributed by atoms with Crippen LogP contribution in [0.5, 0.6) is 0 Å². The summed E-state index contributed by atoms with van der Waals surface area (Å²) < 4.78 is 0. The summed E-state index contributed by atoms with van der Waals surface area (Å²) in [4.78, 5) is 0. The van der Waals surface area contributed by atoms with Crippen LogP contribution in [0.2, 0.25) is 0 Å². The van der Waals surface area contributed by atoms with E-state index in [2.05, 4.69) is 54.7 Å². The molecule has 0 spiro atoms. The summed E-state index contributed by atoms with van der Waals surface area (Å²) in [5, 5.41) is 3.41. The highest BCUT2D eigenvalue weighted by Gasteiger charge is 2.10. The van der Waals surface area contributed by atoms with Crippen LogP contribution in [0.25, 0.3) is 11.1 Å². The monoisotopic (exact) mass is 237 g/mol. The zero-order valence-corrected chi connectivity index (χ0v) is 10.9. The van der Waals surface area contributed by atoms with Gasteiger partial charge in [-0.25, -0.2) is 0 Å². The number of anilines is 1. The van der Waals surface area contributed by atoms with Crippen LogP contribution in [0.1, 0.15) is 24.5 Å². The van der Waals surface area contributed by atoms with Crippen LogP contribution in [0.15, 0.2) is 42.5 Å². The molecule has 1 nitrogen and oxygen atoms in total. The molecule has 1 N–H and O–H groups in total. The molecule has 1 heterocycles. The van der Waals surface area contributed by atoms with Gasteiger partial charge < -0.3 is 5.32 Å². The Morgan fingerprint density at radius 2 is 1.94 bits per heavy atom. The first-order valence-electron chi connectivity index (χ1n) is 6.83. The molecule has 0 aliphatic carbocycles. The first-order chi connectivity index (χ1) is 8.86. The summed E-state index contributed by atoms with van der Waals surface area (Å²) in [5.74, 6) is 0. The average Bonchev–Trinajstić information content (AvgIpc) is 2.86. The highest BCUT2D eigenvalue weighted by atomic mass is 14.9. The second-order valence-electron chi connectivity index (χ2n) is 5.00. The van der Waals surface area contributed by atoms with Gasteiger partial charge in [0.1, 0.15) is 0 Å². The summed E-state index contributed by atoms with van der Waals surface area (Å²) in [6.07, 6.45) is 3.52. The Morgan fingerprint density at radius 3 is 2.83 bits per heavy atom. The summed E-state index contributed by atoms with van der Waals surface area (Å²) in [7, 11) is 0. The molecule has 1 aliphatic heterocycles. The number of benzene rings is 2. The predicted molar refractivity (Wildman–Crippen MR) is 78.1 cm³/mol. The van der Waals surface area contributed by atoms with Gasteiger partial charge in [0, 0.05) is 12.2 Å². The molecule has 0 saturated carbocycles. The second kappa shape index (κ2) is 4.85. The molecular weight excluding hydrogens is 218 g/mol. The van der Waals surface area contributed by atoms with Crippen LogP contribution in [0.3, 0.4) is 0 Å². The van der Waals surface area contributed by atoms with Crippen LogP contribution in [-0.2, 0) is 12.8 Å². The van der Waals surface area contributed by atoms with E-state index in [-0.39, 0.29) is 0 Å². The first-order valence-corrected chi connectivity index (χ1v) is 6.83. The van der Waals surface area contributed by atoms with Gasteiger partial charge in [-0.1, -0.05) is 43.7 Å². The van der Waals surface area contributed by atoms with Crippen LogP contribution >= 0.6 is 0 Å². The van der Waals surface area contributed by atoms with Gasteiger partial charge in [-0.2, -0.15) is 0 Å². The topological polar surface area (TPSA) is 12.0 Å². The van der Waals surface area contributed by atoms with Crippen LogP contribution in [-0.4, -0.2) is 6.54 Å². The minimum Gasteiger partial charge on any atom is -0.384 e. The van der Waals surface area contributed by atoms with E-state index in [1.54, 1.807) is 0 Å². The quantitative estimate of drug-likeness (QED) is 0.840. The minimum absolute atomic E-state index is 1.08. The summed E-state index contributed by atoms with van der Waals surface area (Å²) in [6, 6.07) is 15.7. The molecule has 0 fully saturated rings. The van der Waals surface area contributed by atoms with Crippen molar-refractivity contribution in [1.82, 2.24) is 0 Å². The van der Waals surface area contributed by atoms with Gasteiger partial charge in [-0.15, -0.1) is 0 Å². The third-order valence-corrected chi connectivity index (χ3v) is 3.61. The number of rotatable bonds is 3. The molecule has 92 valence electrons. The molecule has 1 aliphatic rings. The molecule has 0 aromatic heterocycles. The molecule has 18 heavy (non-hydrogen) atoms. The lowest BCUT2D eigenvalue weighted by Crippen LogP contribution is -1.90. The van der Waals surface area contributed by atoms with Crippen molar-refractivity contribution < 1.29 is 0 Å². The standard InChI is InChI=1S/C17H19N/c1-2-4-13-5-3-6-14(11-13)15-7-8-17-16(12-15)9-10-18-17/h3,5-8,11-12,18H,2,4,9-10H2,1H3. The largest absolute Gasteiger partial charge is 0.384 e. The maximum Gasteiger partial charge on any atom is 0.0373 e. The SMILES string of the molecule is CCCc1cccc(-c2ccc3c(c2)CCN3)c1. The zero-order chi connectivity index (χ0) is 12.4. The molecule has 0 bridgehead atoms. The van der Waals surface area contributed by atoms with E-state index in [0.717, 1.165) is 13.0 Å². The number of hydrogen-bond acceptors (Lipinski definition) is 1. The Balaban J connectivity index is 1.96. The average molecular weight is 237 g/mol. The lowest BCUT2D eigenvalue weighted by atomic mass is 9.99. The minimum atomic E-state index is 1.08. The van der Waals surface area contributed by atoms with Crippen molar-refractivity contribution >= 4 is 5.69 Å². The Labute approximate surface area is 109 Å². The maximum absolute atomic E-state index is 3.41. The molecule has 0 saturated heterocycles. The number of nitrogens with one attached hydrogen (secondary N) is 1. The molecular formula is C17H19N. The molecule has 2 aromatic carbocycles. The van der Waals surface area contributed by atoms with Crippen molar-refractivity contribution in [3.63, 3.8) is 0 Å². The third-order valence-electron chi connectivity index (χ3n) is 3.61. The van der Waals surface area contributed by atoms with Gasteiger partial charge in [-0.3, -0.25) is 0 Å². The van der Waals surface area contributed by atoms with Gasteiger partial charge in [0.15, 0.2) is 0 Å². The fourth-order valence-corrected chi connectivity index (χ4v) is 2.68. The summed E-state index contributed by atoms with van der Waals surface area (Å²) >= 11 is 0. The van der Waals surface area contributed by atoms with Crippen molar-refractivity contribution in [2.75, 3.05) is 11.9 Å². The highest BCUT2D eigenvalue weighted by Crippen LogP contribution is 2.29. The van der Waals surface area contributed by atoms with Crippen LogP contribution < -0.4 is 5.32 Å². The molecule has 0 amide bonds. The van der Waals surface area contributed by atoms with Crippen LogP contribution in [0, 0.1) is 0 Å². The second-order valence-corrected chi connectivity index (χ2v) is 5.00. The smallest absolute Gasteiger partial charge is 0.0373 e. The lowest BCUT2D eigenvalue weighted by Gasteiger charge is -2.07. The van der Waals surface area contributed by atoms with E-state index in [9.17, 15) is 0 Å². The van der Waals surface area contributed by atoms with Crippen molar-refractivity contribution in [2.24, 2.45) is 0 Å². The Hall–Kier alpha value is -1.76. The molecule has 0 radical (unpaired) electrons. The van der Waals surface area contributed by atoms with Crippen molar-refractivity contribution in [2.45, 2.75) is 26.2 Å². The van der Waals surface area contributed by atoms with Crippen molar-refractivity contribution in [3.05, 3.63) is 53.6 Å². The fourth-order valence-electron chi connectivity index (χ4n) is 2.68. The van der Waals surface area contributed by atoms with Crippen molar-refractivity contribution in [3.8, 4) is 11.1 Å². The highest BCUT2D eigenvalue weighted by molar-refractivity contribution is 5.70. The Morgan fingerprint density at radius 1 is 1.06 bits per heavy atom. The van der Waals surface area contributed by atoms with Crippen LogP contribution in [0.4, 0.5) is 5.69 Å². The van der Waals surface area contributed by atoms with Gasteiger partial charge >= 0.3 is 0 Å². The lowest BCUT2D eigenvalue weighted by molar-refractivity contribution is 0.922. The van der Waals surface area contributed by atoms with E-state index in [1.807, 2.05) is 0 Å². The molecule has 1 heteroatoms. The summed E-state index contributed by atoms with van der Waals surface area (Å²) in [5.41, 5.74) is 6.89. The van der Waals surface area contributed by atoms with Gasteiger partial charge in [0.2, 0.25) is 0 Å². The number of fused-ring (bicyclic) bond motifs is 1. The molecule has 3 rings (SSSR count). The van der Waals surface area contributed by atoms with E-state index in [1.165, 1.54) is 40.8 Å². The Bertz CT molecular complexity index is 557. The number of aryl methyl sites for hydroxylation is 1. The predicted octanol–water partition coefficient (Wildman–Crippen LogP) is 4.27. The maximum atomic E-state index is 3.41. The molecule has 0 atom stereocenters. The van der Waals surface area contributed by atoms with Gasteiger partial charge in [-0.05, 0) is 47.2 Å². The normalized spacial score (nSPS) is 13.2. The summed E-state index contributed by atoms with van der Waals surface area (Å²) in [6.45, 7) is 3.31. The van der Waals surface area contributed by atoms with E-state index in [4.69, 9.17) is 0 Å². The fraction of sp³-hybridized carbons (Fsp3) is 0.294. The van der Waals surface area contributed by atoms with Gasteiger partial charge in [0.05, 0.1) is 0 Å². The molecule has 2 aromatic rings. The Kier molecular flexibility index (Phi) is 3.06. The van der Waals surface area contributed by atoms with E-state index in [0.29, 0.717) is 0 Å².